The normalized spacial score (nSPS) is 20.0. The molecule has 2 aromatic rings. The van der Waals surface area contributed by atoms with E-state index in [-0.39, 0.29) is 47.6 Å². The fraction of sp³-hybridized carbons (Fsp3) is 0.625. The second-order valence-electron chi connectivity index (χ2n) is 12.4. The number of piperidine rings is 1. The molecule has 0 radical (unpaired) electrons. The molecular formula is C32H45F3N6O2. The van der Waals surface area contributed by atoms with Crippen LogP contribution >= 0.6 is 0 Å². The van der Waals surface area contributed by atoms with E-state index in [1.807, 2.05) is 21.1 Å². The number of amides is 1. The van der Waals surface area contributed by atoms with E-state index < -0.39 is 11.7 Å². The van der Waals surface area contributed by atoms with Crippen LogP contribution in [-0.2, 0) is 17.4 Å². The van der Waals surface area contributed by atoms with Crippen LogP contribution in [0.15, 0.2) is 30.5 Å². The van der Waals surface area contributed by atoms with Crippen LogP contribution in [0.3, 0.4) is 0 Å². The van der Waals surface area contributed by atoms with Gasteiger partial charge in [0, 0.05) is 42.9 Å². The lowest BCUT2D eigenvalue weighted by Gasteiger charge is -2.35. The second kappa shape index (κ2) is 14.6. The Morgan fingerprint density at radius 1 is 1.02 bits per heavy atom. The summed E-state index contributed by atoms with van der Waals surface area (Å²) in [5.74, 6) is -0.262. The first-order valence-electron chi connectivity index (χ1n) is 15.4. The minimum absolute atomic E-state index is 0.0510. The number of ketones is 1. The fourth-order valence-corrected chi connectivity index (χ4v) is 6.31. The van der Waals surface area contributed by atoms with Gasteiger partial charge in [0.25, 0.3) is 5.91 Å². The first-order chi connectivity index (χ1) is 20.4. The number of hydrogen-bond donors (Lipinski definition) is 1. The van der Waals surface area contributed by atoms with E-state index in [1.54, 1.807) is 29.2 Å². The van der Waals surface area contributed by atoms with Gasteiger partial charge in [0.2, 0.25) is 5.95 Å². The van der Waals surface area contributed by atoms with Crippen molar-refractivity contribution < 1.29 is 22.8 Å². The van der Waals surface area contributed by atoms with Crippen molar-refractivity contribution in [1.82, 2.24) is 24.7 Å². The molecule has 1 saturated carbocycles. The molecule has 2 atom stereocenters. The topological polar surface area (TPSA) is 81.7 Å². The van der Waals surface area contributed by atoms with Crippen molar-refractivity contribution in [3.63, 3.8) is 0 Å². The second-order valence-corrected chi connectivity index (χ2v) is 12.4. The Morgan fingerprint density at radius 3 is 2.37 bits per heavy atom. The van der Waals surface area contributed by atoms with Crippen LogP contribution in [0.5, 0.6) is 0 Å². The molecule has 0 bridgehead atoms. The van der Waals surface area contributed by atoms with Crippen molar-refractivity contribution in [3.8, 4) is 0 Å². The number of hydrogen-bond acceptors (Lipinski definition) is 7. The molecule has 1 aliphatic carbocycles. The zero-order valence-corrected chi connectivity index (χ0v) is 25.8. The monoisotopic (exact) mass is 602 g/mol. The highest BCUT2D eigenvalue weighted by Gasteiger charge is 2.38. The third-order valence-corrected chi connectivity index (χ3v) is 8.92. The van der Waals surface area contributed by atoms with E-state index in [0.29, 0.717) is 30.5 Å². The van der Waals surface area contributed by atoms with Crippen LogP contribution in [0.2, 0.25) is 0 Å². The molecule has 1 aliphatic heterocycles. The molecule has 0 spiro atoms. The Hall–Kier alpha value is -3.05. The summed E-state index contributed by atoms with van der Waals surface area (Å²) >= 11 is 0. The first-order valence-corrected chi connectivity index (χ1v) is 15.4. The maximum atomic E-state index is 13.9. The zero-order valence-electron chi connectivity index (χ0n) is 25.8. The average Bonchev–Trinajstić information content (AvgIpc) is 3.43. The molecule has 2 fully saturated rings. The van der Waals surface area contributed by atoms with E-state index in [1.165, 1.54) is 0 Å². The number of unbranched alkanes of at least 4 members (excludes halogenated alkanes) is 1. The smallest absolute Gasteiger partial charge is 0.339 e. The van der Waals surface area contributed by atoms with Gasteiger partial charge in [-0.25, -0.2) is 9.97 Å². The number of anilines is 2. The van der Waals surface area contributed by atoms with Gasteiger partial charge < -0.3 is 20.0 Å². The van der Waals surface area contributed by atoms with Gasteiger partial charge in [-0.05, 0) is 116 Å². The lowest BCUT2D eigenvalue weighted by Crippen LogP contribution is -2.44. The van der Waals surface area contributed by atoms with Gasteiger partial charge in [0.1, 0.15) is 5.78 Å². The summed E-state index contributed by atoms with van der Waals surface area (Å²) in [5, 5.41) is 3.00. The lowest BCUT2D eigenvalue weighted by atomic mass is 9.85. The Balaban J connectivity index is 1.43. The van der Waals surface area contributed by atoms with Crippen LogP contribution < -0.4 is 5.32 Å². The number of rotatable bonds is 12. The predicted octanol–water partition coefficient (Wildman–Crippen LogP) is 5.67. The molecule has 8 nitrogen and oxygen atoms in total. The first kappa shape index (κ1) is 32.9. The number of aromatic nitrogens is 2. The minimum atomic E-state index is -4.60. The van der Waals surface area contributed by atoms with Crippen LogP contribution in [0.25, 0.3) is 0 Å². The number of Topliss-reactive ketones (excluding diaryl/α,β-unsaturated/α-hetero) is 1. The Morgan fingerprint density at radius 2 is 1.72 bits per heavy atom. The third kappa shape index (κ3) is 8.98. The van der Waals surface area contributed by atoms with Crippen LogP contribution in [0.4, 0.5) is 24.8 Å². The summed E-state index contributed by atoms with van der Waals surface area (Å²) in [6.45, 7) is 2.81. The highest BCUT2D eigenvalue weighted by molar-refractivity contribution is 5.94. The van der Waals surface area contributed by atoms with Crippen molar-refractivity contribution in [1.29, 1.82) is 0 Å². The Bertz CT molecular complexity index is 1230. The van der Waals surface area contributed by atoms with E-state index in [9.17, 15) is 22.8 Å². The molecule has 1 saturated heterocycles. The van der Waals surface area contributed by atoms with Gasteiger partial charge in [-0.15, -0.1) is 0 Å². The van der Waals surface area contributed by atoms with Crippen molar-refractivity contribution in [2.75, 3.05) is 53.1 Å². The van der Waals surface area contributed by atoms with Gasteiger partial charge in [0.05, 0.1) is 11.3 Å². The standard InChI is InChI=1S/C32H45F3N6O2/c1-39(2)17-6-5-10-29(42)26-9-7-8-23(26)20-28-27(32(33,34)35)21-36-31(38-28)37-24-13-11-22(12-14-24)30(43)41(4)25-15-18-40(3)19-16-25/h11-14,21,23,25-26H,5-10,15-20H2,1-4H3,(H,36,37,38)/t23-,26-/m0/s1. The van der Waals surface area contributed by atoms with Crippen molar-refractivity contribution in [2.45, 2.75) is 70.0 Å². The van der Waals surface area contributed by atoms with Crippen LogP contribution in [0.1, 0.15) is 73.0 Å². The molecule has 236 valence electrons. The molecule has 0 unspecified atom stereocenters. The quantitative estimate of drug-likeness (QED) is 0.314. The fourth-order valence-electron chi connectivity index (χ4n) is 6.31. The van der Waals surface area contributed by atoms with Crippen molar-refractivity contribution in [2.24, 2.45) is 11.8 Å². The average molecular weight is 603 g/mol. The number of likely N-dealkylation sites (tertiary alicyclic amines) is 1. The summed E-state index contributed by atoms with van der Waals surface area (Å²) < 4.78 is 41.8. The van der Waals surface area contributed by atoms with Gasteiger partial charge in [-0.1, -0.05) is 6.42 Å². The number of carbonyl (C=O) groups excluding carboxylic acids is 2. The minimum Gasteiger partial charge on any atom is -0.339 e. The number of halogens is 3. The number of carbonyl (C=O) groups is 2. The summed E-state index contributed by atoms with van der Waals surface area (Å²) in [6, 6.07) is 7.01. The highest BCUT2D eigenvalue weighted by atomic mass is 19.4. The summed E-state index contributed by atoms with van der Waals surface area (Å²) in [7, 11) is 7.89. The lowest BCUT2D eigenvalue weighted by molar-refractivity contribution is -0.138. The van der Waals surface area contributed by atoms with Gasteiger partial charge >= 0.3 is 6.18 Å². The number of nitrogens with one attached hydrogen (secondary N) is 1. The van der Waals surface area contributed by atoms with Gasteiger partial charge in [-0.3, -0.25) is 9.59 Å². The van der Waals surface area contributed by atoms with E-state index in [0.717, 1.165) is 57.9 Å². The SMILES string of the molecule is CN(C)CCCCC(=O)[C@H]1CCC[C@H]1Cc1nc(Nc2ccc(C(=O)N(C)C3CCN(C)CC3)cc2)ncc1C(F)(F)F. The largest absolute Gasteiger partial charge is 0.419 e. The maximum Gasteiger partial charge on any atom is 0.419 e. The summed E-state index contributed by atoms with van der Waals surface area (Å²) in [6.07, 6.45) is 2.58. The predicted molar refractivity (Wildman–Crippen MR) is 161 cm³/mol. The van der Waals surface area contributed by atoms with E-state index >= 15 is 0 Å². The van der Waals surface area contributed by atoms with Gasteiger partial charge in [-0.2, -0.15) is 13.2 Å². The number of nitrogens with zero attached hydrogens (tertiary/aromatic N) is 5. The molecule has 1 N–H and O–H groups in total. The van der Waals surface area contributed by atoms with Gasteiger partial charge in [0.15, 0.2) is 0 Å². The molecule has 1 amide bonds. The highest BCUT2D eigenvalue weighted by Crippen LogP contribution is 2.39. The van der Waals surface area contributed by atoms with Crippen LogP contribution in [-0.4, -0.2) is 90.2 Å². The summed E-state index contributed by atoms with van der Waals surface area (Å²) in [5.41, 5.74) is 0.157. The molecule has 1 aromatic heterocycles. The molecule has 11 heteroatoms. The molecule has 4 rings (SSSR count). The number of alkyl halides is 3. The number of benzene rings is 1. The van der Waals surface area contributed by atoms with Crippen LogP contribution in [0, 0.1) is 11.8 Å². The molecule has 2 aliphatic rings. The maximum absolute atomic E-state index is 13.9. The van der Waals surface area contributed by atoms with E-state index in [2.05, 4.69) is 32.1 Å². The Kier molecular flexibility index (Phi) is 11.2. The third-order valence-electron chi connectivity index (χ3n) is 8.92. The van der Waals surface area contributed by atoms with E-state index in [4.69, 9.17) is 0 Å². The molecule has 43 heavy (non-hydrogen) atoms. The Labute approximate surface area is 253 Å². The van der Waals surface area contributed by atoms with Crippen molar-refractivity contribution in [3.05, 3.63) is 47.3 Å². The molecule has 2 heterocycles. The van der Waals surface area contributed by atoms with Crippen molar-refractivity contribution >= 4 is 23.3 Å². The molecule has 1 aromatic carbocycles. The molecular weight excluding hydrogens is 557 g/mol. The summed E-state index contributed by atoms with van der Waals surface area (Å²) in [4.78, 5) is 40.4. The zero-order chi connectivity index (χ0) is 31.1.